The van der Waals surface area contributed by atoms with E-state index in [-0.39, 0.29) is 47.4 Å². The summed E-state index contributed by atoms with van der Waals surface area (Å²) >= 11 is 0. The van der Waals surface area contributed by atoms with Gasteiger partial charge in [0, 0.05) is 10.8 Å². The first-order valence-electron chi connectivity index (χ1n) is 10.7. The molecule has 1 aromatic carbocycles. The molecule has 0 aliphatic carbocycles. The Morgan fingerprint density at radius 2 is 1.39 bits per heavy atom. The van der Waals surface area contributed by atoms with Crippen molar-refractivity contribution in [1.82, 2.24) is 0 Å². The monoisotopic (exact) mass is 472 g/mol. The Hall–Kier alpha value is -0.230. The summed E-state index contributed by atoms with van der Waals surface area (Å²) in [6.07, 6.45) is 12.6. The molecule has 0 unspecified atom stereocenters. The standard InChI is InChI=1S/C21H36O7S.Na.H2O/c1-2-3-4-5-6-7-10-13-20-14-16-21(17-15-20)26-28-27-25-18-11-8-9-12-19-29(22,23)24;;/h14-17H,2-13,18-19H2,1H3,(H,22,23,24);;1H2/q;+1;/p-1. The molecule has 0 aromatic heterocycles. The van der Waals surface area contributed by atoms with E-state index >= 15 is 0 Å². The SMILES string of the molecule is CCCCCCCCCc1ccc(OOOOCCCCCCS(=O)(=O)[O-])cc1.O.[Na+]. The van der Waals surface area contributed by atoms with Crippen molar-refractivity contribution in [3.8, 4) is 5.75 Å². The molecule has 0 heterocycles. The zero-order valence-corrected chi connectivity index (χ0v) is 21.8. The third kappa shape index (κ3) is 21.4. The van der Waals surface area contributed by atoms with Gasteiger partial charge < -0.3 is 14.9 Å². The smallest absolute Gasteiger partial charge is 0.748 e. The number of unbranched alkanes of at least 4 members (excludes halogenated alkanes) is 9. The quantitative estimate of drug-likeness (QED) is 0.0980. The molecular weight excluding hydrogens is 435 g/mol. The molecule has 2 N–H and O–H groups in total. The molecule has 0 saturated heterocycles. The molecule has 0 saturated carbocycles. The van der Waals surface area contributed by atoms with Crippen LogP contribution in [0.25, 0.3) is 0 Å². The van der Waals surface area contributed by atoms with Gasteiger partial charge in [-0.25, -0.2) is 13.3 Å². The van der Waals surface area contributed by atoms with Crippen LogP contribution in [0.3, 0.4) is 0 Å². The van der Waals surface area contributed by atoms with E-state index in [1.807, 2.05) is 24.3 Å². The third-order valence-corrected chi connectivity index (χ3v) is 5.36. The normalized spacial score (nSPS) is 10.9. The van der Waals surface area contributed by atoms with Crippen LogP contribution in [-0.2, 0) is 31.5 Å². The van der Waals surface area contributed by atoms with Crippen LogP contribution in [-0.4, -0.2) is 30.8 Å². The van der Waals surface area contributed by atoms with Crippen molar-refractivity contribution in [3.63, 3.8) is 0 Å². The second kappa shape index (κ2) is 21.6. The van der Waals surface area contributed by atoms with Crippen molar-refractivity contribution < 1.29 is 67.9 Å². The molecule has 0 atom stereocenters. The predicted molar refractivity (Wildman–Crippen MR) is 114 cm³/mol. The van der Waals surface area contributed by atoms with Gasteiger partial charge in [0.25, 0.3) is 0 Å². The molecular formula is C21H37NaO8S. The van der Waals surface area contributed by atoms with Gasteiger partial charge in [0.1, 0.15) is 0 Å². The Morgan fingerprint density at radius 1 is 0.806 bits per heavy atom. The largest absolute Gasteiger partial charge is 1.00 e. The number of hydrogen-bond donors (Lipinski definition) is 0. The fourth-order valence-electron chi connectivity index (χ4n) is 2.90. The second-order valence-corrected chi connectivity index (χ2v) is 8.76. The summed E-state index contributed by atoms with van der Waals surface area (Å²) in [5, 5.41) is 9.01. The van der Waals surface area contributed by atoms with Crippen molar-refractivity contribution in [3.05, 3.63) is 29.8 Å². The maximum absolute atomic E-state index is 10.4. The van der Waals surface area contributed by atoms with Crippen LogP contribution in [0, 0.1) is 0 Å². The molecule has 1 rings (SSSR count). The maximum atomic E-state index is 10.4. The van der Waals surface area contributed by atoms with E-state index in [1.165, 1.54) is 50.5 Å². The van der Waals surface area contributed by atoms with Gasteiger partial charge in [-0.1, -0.05) is 70.4 Å². The number of aryl methyl sites for hydroxylation is 1. The first-order valence-corrected chi connectivity index (χ1v) is 12.2. The molecule has 8 nitrogen and oxygen atoms in total. The minimum Gasteiger partial charge on any atom is -0.748 e. The zero-order valence-electron chi connectivity index (χ0n) is 19.0. The molecule has 0 radical (unpaired) electrons. The van der Waals surface area contributed by atoms with Crippen molar-refractivity contribution in [2.75, 3.05) is 12.4 Å². The molecule has 10 heteroatoms. The summed E-state index contributed by atoms with van der Waals surface area (Å²) < 4.78 is 31.3. The van der Waals surface area contributed by atoms with Crippen molar-refractivity contribution in [2.24, 2.45) is 0 Å². The number of hydrogen-bond acceptors (Lipinski definition) is 7. The van der Waals surface area contributed by atoms with E-state index in [4.69, 9.17) is 9.78 Å². The summed E-state index contributed by atoms with van der Waals surface area (Å²) in [6.45, 7) is 2.52. The van der Waals surface area contributed by atoms with Crippen molar-refractivity contribution in [2.45, 2.75) is 84.0 Å². The summed E-state index contributed by atoms with van der Waals surface area (Å²) in [5.41, 5.74) is 1.27. The molecule has 31 heavy (non-hydrogen) atoms. The van der Waals surface area contributed by atoms with Gasteiger partial charge in [-0.05, 0) is 48.4 Å². The Bertz CT molecular complexity index is 610. The van der Waals surface area contributed by atoms with Gasteiger partial charge in [0.2, 0.25) is 0 Å². The predicted octanol–water partition coefficient (Wildman–Crippen LogP) is 1.44. The maximum Gasteiger partial charge on any atom is 1.00 e. The molecule has 0 aliphatic rings. The van der Waals surface area contributed by atoms with Crippen molar-refractivity contribution >= 4 is 10.1 Å². The molecule has 0 spiro atoms. The molecule has 0 amide bonds. The Labute approximate surface area is 209 Å². The third-order valence-electron chi connectivity index (χ3n) is 4.57. The Balaban J connectivity index is 0. The summed E-state index contributed by atoms with van der Waals surface area (Å²) in [4.78, 5) is 9.78. The minimum absolute atomic E-state index is 0. The Morgan fingerprint density at radius 3 is 2.03 bits per heavy atom. The second-order valence-electron chi connectivity index (χ2n) is 7.23. The van der Waals surface area contributed by atoms with Gasteiger partial charge >= 0.3 is 29.6 Å². The fourth-order valence-corrected chi connectivity index (χ4v) is 3.46. The van der Waals surface area contributed by atoms with Gasteiger partial charge in [0.15, 0.2) is 5.75 Å². The summed E-state index contributed by atoms with van der Waals surface area (Å²) in [7, 11) is -4.11. The van der Waals surface area contributed by atoms with Crippen molar-refractivity contribution in [1.29, 1.82) is 0 Å². The fraction of sp³-hybridized carbons (Fsp3) is 0.714. The topological polar surface area (TPSA) is 126 Å². The van der Waals surface area contributed by atoms with Crippen LogP contribution in [0.2, 0.25) is 0 Å². The van der Waals surface area contributed by atoms with E-state index < -0.39 is 10.1 Å². The molecule has 0 aliphatic heterocycles. The van der Waals surface area contributed by atoms with Crippen LogP contribution in [0.4, 0.5) is 0 Å². The van der Waals surface area contributed by atoms with Gasteiger partial charge in [0.05, 0.1) is 16.7 Å². The van der Waals surface area contributed by atoms with Crippen LogP contribution >= 0.6 is 0 Å². The van der Waals surface area contributed by atoms with Crippen LogP contribution in [0.5, 0.6) is 5.75 Å². The molecule has 0 fully saturated rings. The van der Waals surface area contributed by atoms with E-state index in [0.717, 1.165) is 12.8 Å². The zero-order chi connectivity index (χ0) is 21.2. The summed E-state index contributed by atoms with van der Waals surface area (Å²) in [6, 6.07) is 7.67. The average Bonchev–Trinajstić information content (AvgIpc) is 2.69. The Kier molecular flexibility index (Phi) is 23.0. The van der Waals surface area contributed by atoms with E-state index in [9.17, 15) is 13.0 Å². The van der Waals surface area contributed by atoms with Gasteiger partial charge in [-0.2, -0.15) is 0 Å². The van der Waals surface area contributed by atoms with E-state index in [0.29, 0.717) is 25.0 Å². The molecule has 0 bridgehead atoms. The number of benzene rings is 1. The average molecular weight is 473 g/mol. The van der Waals surface area contributed by atoms with E-state index in [2.05, 4.69) is 17.0 Å². The molecule has 1 aromatic rings. The van der Waals surface area contributed by atoms with Gasteiger partial charge in [-0.15, -0.1) is 0 Å². The molecule has 176 valence electrons. The van der Waals surface area contributed by atoms with E-state index in [1.54, 1.807) is 0 Å². The summed E-state index contributed by atoms with van der Waals surface area (Å²) in [5.74, 6) is 0.204. The van der Waals surface area contributed by atoms with Gasteiger partial charge in [-0.3, -0.25) is 0 Å². The van der Waals surface area contributed by atoms with Crippen LogP contribution in [0.15, 0.2) is 24.3 Å². The minimum atomic E-state index is -4.11. The van der Waals surface area contributed by atoms with Crippen LogP contribution in [0.1, 0.15) is 83.1 Å². The number of rotatable bonds is 19. The first-order chi connectivity index (χ1) is 14.0. The first kappa shape index (κ1) is 32.9. The van der Waals surface area contributed by atoms with Crippen LogP contribution < -0.4 is 34.4 Å².